The fourth-order valence-corrected chi connectivity index (χ4v) is 5.13. The summed E-state index contributed by atoms with van der Waals surface area (Å²) in [5, 5.41) is 3.21. The number of rotatable bonds is 5. The summed E-state index contributed by atoms with van der Waals surface area (Å²) >= 11 is 0. The molecular weight excluding hydrogens is 412 g/mol. The fraction of sp³-hybridized carbons (Fsp3) is 0.556. The predicted molar refractivity (Wildman–Crippen MR) is 129 cm³/mol. The molecule has 6 heteroatoms. The van der Waals surface area contributed by atoms with E-state index in [2.05, 4.69) is 36.3 Å². The van der Waals surface area contributed by atoms with E-state index in [1.165, 1.54) is 17.5 Å². The first-order valence-electron chi connectivity index (χ1n) is 12.4. The van der Waals surface area contributed by atoms with Crippen molar-refractivity contribution in [2.24, 2.45) is 0 Å². The van der Waals surface area contributed by atoms with Gasteiger partial charge in [0.05, 0.1) is 23.7 Å². The topological polar surface area (TPSA) is 75.2 Å². The minimum atomic E-state index is -0.188. The summed E-state index contributed by atoms with van der Waals surface area (Å²) in [6, 6.07) is 6.25. The summed E-state index contributed by atoms with van der Waals surface area (Å²) in [7, 11) is 0. The van der Waals surface area contributed by atoms with Gasteiger partial charge in [0.2, 0.25) is 5.91 Å². The molecule has 2 amide bonds. The van der Waals surface area contributed by atoms with Gasteiger partial charge in [0.15, 0.2) is 0 Å². The number of amides is 2. The van der Waals surface area contributed by atoms with Crippen molar-refractivity contribution >= 4 is 11.8 Å². The van der Waals surface area contributed by atoms with Crippen LogP contribution in [-0.4, -0.2) is 39.3 Å². The van der Waals surface area contributed by atoms with Crippen LogP contribution in [0.3, 0.4) is 0 Å². The SMILES string of the molecule is Cc1ncc(C(=O)NC2CCCCC2)c(C2CCCCN2C(=O)Cc2ccc(C)c(C)c2)n1. The highest BCUT2D eigenvalue weighted by molar-refractivity contribution is 5.95. The minimum Gasteiger partial charge on any atom is -0.349 e. The first-order chi connectivity index (χ1) is 15.9. The Kier molecular flexibility index (Phi) is 7.41. The van der Waals surface area contributed by atoms with E-state index in [1.54, 1.807) is 6.20 Å². The Morgan fingerprint density at radius 2 is 1.76 bits per heavy atom. The molecule has 33 heavy (non-hydrogen) atoms. The molecule has 1 saturated heterocycles. The number of nitrogens with zero attached hydrogens (tertiary/aromatic N) is 3. The number of aromatic nitrogens is 2. The second kappa shape index (κ2) is 10.4. The number of piperidine rings is 1. The van der Waals surface area contributed by atoms with Gasteiger partial charge in [0, 0.05) is 18.8 Å². The average Bonchev–Trinajstić information content (AvgIpc) is 2.82. The van der Waals surface area contributed by atoms with Crippen LogP contribution >= 0.6 is 0 Å². The molecule has 6 nitrogen and oxygen atoms in total. The maximum Gasteiger partial charge on any atom is 0.255 e. The Labute approximate surface area is 197 Å². The summed E-state index contributed by atoms with van der Waals surface area (Å²) in [6.45, 7) is 6.70. The van der Waals surface area contributed by atoms with Gasteiger partial charge in [-0.3, -0.25) is 9.59 Å². The summed E-state index contributed by atoms with van der Waals surface area (Å²) in [6.07, 6.45) is 10.4. The van der Waals surface area contributed by atoms with Crippen molar-refractivity contribution < 1.29 is 9.59 Å². The van der Waals surface area contributed by atoms with Gasteiger partial charge in [-0.15, -0.1) is 0 Å². The first kappa shape index (κ1) is 23.4. The number of carbonyl (C=O) groups excluding carboxylic acids is 2. The third-order valence-electron chi connectivity index (χ3n) is 7.19. The van der Waals surface area contributed by atoms with E-state index in [4.69, 9.17) is 4.98 Å². The van der Waals surface area contributed by atoms with Crippen molar-refractivity contribution in [2.45, 2.75) is 90.6 Å². The molecule has 2 fully saturated rings. The first-order valence-corrected chi connectivity index (χ1v) is 12.4. The van der Waals surface area contributed by atoms with Crippen LogP contribution in [-0.2, 0) is 11.2 Å². The van der Waals surface area contributed by atoms with Crippen LogP contribution in [0, 0.1) is 20.8 Å². The Balaban J connectivity index is 1.57. The minimum absolute atomic E-state index is 0.0952. The lowest BCUT2D eigenvalue weighted by molar-refractivity contribution is -0.134. The molecular formula is C27H36N4O2. The maximum atomic E-state index is 13.4. The molecule has 4 rings (SSSR count). The van der Waals surface area contributed by atoms with Crippen molar-refractivity contribution in [1.82, 2.24) is 20.2 Å². The number of nitrogens with one attached hydrogen (secondary N) is 1. The zero-order valence-corrected chi connectivity index (χ0v) is 20.2. The number of likely N-dealkylation sites (tertiary alicyclic amines) is 1. The summed E-state index contributed by atoms with van der Waals surface area (Å²) in [4.78, 5) is 37.6. The van der Waals surface area contributed by atoms with Gasteiger partial charge in [0.25, 0.3) is 5.91 Å². The zero-order valence-electron chi connectivity index (χ0n) is 20.2. The van der Waals surface area contributed by atoms with Gasteiger partial charge in [-0.2, -0.15) is 0 Å². The molecule has 1 saturated carbocycles. The van der Waals surface area contributed by atoms with E-state index in [0.717, 1.165) is 50.5 Å². The number of benzene rings is 1. The molecule has 1 aliphatic carbocycles. The molecule has 2 aliphatic rings. The quantitative estimate of drug-likeness (QED) is 0.716. The lowest BCUT2D eigenvalue weighted by Gasteiger charge is -2.36. The zero-order chi connectivity index (χ0) is 23.4. The van der Waals surface area contributed by atoms with Gasteiger partial charge in [-0.1, -0.05) is 37.5 Å². The van der Waals surface area contributed by atoms with E-state index in [0.29, 0.717) is 30.0 Å². The van der Waals surface area contributed by atoms with E-state index in [9.17, 15) is 9.59 Å². The second-order valence-electron chi connectivity index (χ2n) is 9.72. The third-order valence-corrected chi connectivity index (χ3v) is 7.19. The van der Waals surface area contributed by atoms with Gasteiger partial charge < -0.3 is 10.2 Å². The van der Waals surface area contributed by atoms with E-state index in [-0.39, 0.29) is 23.9 Å². The molecule has 1 aromatic carbocycles. The molecule has 0 spiro atoms. The normalized spacial score (nSPS) is 19.4. The standard InChI is InChI=1S/C27H36N4O2/c1-18-12-13-21(15-19(18)2)16-25(32)31-14-8-7-11-24(31)26-23(17-28-20(3)29-26)27(33)30-22-9-5-4-6-10-22/h12-13,15,17,22,24H,4-11,14,16H2,1-3H3,(H,30,33). The van der Waals surface area contributed by atoms with Crippen molar-refractivity contribution in [1.29, 1.82) is 0 Å². The summed E-state index contributed by atoms with van der Waals surface area (Å²) in [5.41, 5.74) is 4.67. The fourth-order valence-electron chi connectivity index (χ4n) is 5.13. The van der Waals surface area contributed by atoms with Crippen LogP contribution in [0.2, 0.25) is 0 Å². The third kappa shape index (κ3) is 5.60. The summed E-state index contributed by atoms with van der Waals surface area (Å²) < 4.78 is 0. The largest absolute Gasteiger partial charge is 0.349 e. The molecule has 0 bridgehead atoms. The lowest BCUT2D eigenvalue weighted by Crippen LogP contribution is -2.42. The van der Waals surface area contributed by atoms with Gasteiger partial charge in [-0.25, -0.2) is 9.97 Å². The van der Waals surface area contributed by atoms with E-state index < -0.39 is 0 Å². The van der Waals surface area contributed by atoms with Crippen molar-refractivity contribution in [2.75, 3.05) is 6.54 Å². The Hall–Kier alpha value is -2.76. The molecule has 176 valence electrons. The Morgan fingerprint density at radius 3 is 2.52 bits per heavy atom. The van der Waals surface area contributed by atoms with Crippen molar-refractivity contribution in [3.8, 4) is 0 Å². The van der Waals surface area contributed by atoms with E-state index >= 15 is 0 Å². The highest BCUT2D eigenvalue weighted by Crippen LogP contribution is 2.32. The van der Waals surface area contributed by atoms with Crippen LogP contribution < -0.4 is 5.32 Å². The molecule has 1 atom stereocenters. The number of hydrogen-bond donors (Lipinski definition) is 1. The molecule has 0 radical (unpaired) electrons. The smallest absolute Gasteiger partial charge is 0.255 e. The highest BCUT2D eigenvalue weighted by Gasteiger charge is 2.32. The van der Waals surface area contributed by atoms with Gasteiger partial charge in [-0.05, 0) is 69.6 Å². The average molecular weight is 449 g/mol. The molecule has 1 unspecified atom stereocenters. The molecule has 1 aliphatic heterocycles. The van der Waals surface area contributed by atoms with Crippen molar-refractivity contribution in [3.63, 3.8) is 0 Å². The molecule has 1 N–H and O–H groups in total. The predicted octanol–water partition coefficient (Wildman–Crippen LogP) is 4.76. The molecule has 2 aromatic rings. The van der Waals surface area contributed by atoms with Crippen LogP contribution in [0.15, 0.2) is 24.4 Å². The lowest BCUT2D eigenvalue weighted by atomic mass is 9.93. The number of hydrogen-bond acceptors (Lipinski definition) is 4. The monoisotopic (exact) mass is 448 g/mol. The van der Waals surface area contributed by atoms with E-state index in [1.807, 2.05) is 17.9 Å². The second-order valence-corrected chi connectivity index (χ2v) is 9.72. The highest BCUT2D eigenvalue weighted by atomic mass is 16.2. The molecule has 1 aromatic heterocycles. The number of carbonyl (C=O) groups is 2. The van der Waals surface area contributed by atoms with Crippen LogP contribution in [0.5, 0.6) is 0 Å². The summed E-state index contributed by atoms with van der Waals surface area (Å²) in [5.74, 6) is 0.619. The van der Waals surface area contributed by atoms with Crippen LogP contribution in [0.25, 0.3) is 0 Å². The number of aryl methyl sites for hydroxylation is 3. The van der Waals surface area contributed by atoms with Gasteiger partial charge >= 0.3 is 0 Å². The Morgan fingerprint density at radius 1 is 1.00 bits per heavy atom. The molecule has 2 heterocycles. The Bertz CT molecular complexity index is 1010. The maximum absolute atomic E-state index is 13.4. The van der Waals surface area contributed by atoms with Crippen LogP contribution in [0.1, 0.15) is 96.0 Å². The van der Waals surface area contributed by atoms with Crippen LogP contribution in [0.4, 0.5) is 0 Å². The van der Waals surface area contributed by atoms with Gasteiger partial charge in [0.1, 0.15) is 5.82 Å². The van der Waals surface area contributed by atoms with Crippen molar-refractivity contribution in [3.05, 3.63) is 58.2 Å².